The van der Waals surface area contributed by atoms with Crippen LogP contribution in [0.15, 0.2) is 42.5 Å². The summed E-state index contributed by atoms with van der Waals surface area (Å²) in [6.45, 7) is 2.17. The molecule has 2 N–H and O–H groups in total. The van der Waals surface area contributed by atoms with Gasteiger partial charge in [0.25, 0.3) is 0 Å². The number of aryl methyl sites for hydroxylation is 1. The number of hydrogen-bond donors (Lipinski definition) is 2. The molecule has 8 nitrogen and oxygen atoms in total. The smallest absolute Gasteiger partial charge is 0.414 e. The number of ether oxygens (including phenoxy) is 1. The van der Waals surface area contributed by atoms with Gasteiger partial charge in [-0.25, -0.2) is 9.78 Å². The van der Waals surface area contributed by atoms with Crippen molar-refractivity contribution in [2.24, 2.45) is 0 Å². The molecule has 0 spiro atoms. The first-order valence-electron chi connectivity index (χ1n) is 11.4. The van der Waals surface area contributed by atoms with Crippen LogP contribution in [-0.2, 0) is 22.4 Å². The SMILES string of the molecule is CC(=O)NC[C@H]1CN(c2ccc3c(c2)CCCc2c-3n[nH]c2-c2nc3ccccc3s2)C(=O)O1. The van der Waals surface area contributed by atoms with Crippen LogP contribution < -0.4 is 10.2 Å². The average Bonchev–Trinajstić information content (AvgIpc) is 3.51. The van der Waals surface area contributed by atoms with Crippen LogP contribution in [0.25, 0.3) is 32.2 Å². The van der Waals surface area contributed by atoms with E-state index < -0.39 is 0 Å². The van der Waals surface area contributed by atoms with Gasteiger partial charge in [0.05, 0.1) is 34.7 Å². The molecule has 34 heavy (non-hydrogen) atoms. The van der Waals surface area contributed by atoms with Crippen LogP contribution in [0.4, 0.5) is 10.5 Å². The third-order valence-corrected chi connectivity index (χ3v) is 7.41. The lowest BCUT2D eigenvalue weighted by Gasteiger charge is -2.16. The van der Waals surface area contributed by atoms with Gasteiger partial charge in [-0.3, -0.25) is 14.8 Å². The molecule has 2 aromatic heterocycles. The summed E-state index contributed by atoms with van der Waals surface area (Å²) in [5, 5.41) is 11.6. The van der Waals surface area contributed by atoms with E-state index in [1.807, 2.05) is 30.3 Å². The molecule has 172 valence electrons. The number of carbonyl (C=O) groups excluding carboxylic acids is 2. The van der Waals surface area contributed by atoms with Crippen molar-refractivity contribution in [2.45, 2.75) is 32.3 Å². The summed E-state index contributed by atoms with van der Waals surface area (Å²) in [4.78, 5) is 30.1. The van der Waals surface area contributed by atoms with Crippen LogP contribution >= 0.6 is 11.3 Å². The molecule has 0 bridgehead atoms. The molecule has 6 rings (SSSR count). The van der Waals surface area contributed by atoms with Gasteiger partial charge in [0, 0.05) is 23.7 Å². The van der Waals surface area contributed by atoms with E-state index in [0.717, 1.165) is 62.7 Å². The van der Waals surface area contributed by atoms with E-state index in [2.05, 4.69) is 22.5 Å². The van der Waals surface area contributed by atoms with Crippen LogP contribution in [-0.4, -0.2) is 46.4 Å². The average molecular weight is 474 g/mol. The minimum atomic E-state index is -0.387. The number of thiazole rings is 1. The molecule has 0 saturated carbocycles. The predicted molar refractivity (Wildman–Crippen MR) is 131 cm³/mol. The van der Waals surface area contributed by atoms with Crippen molar-refractivity contribution in [1.82, 2.24) is 20.5 Å². The Bertz CT molecular complexity index is 1390. The lowest BCUT2D eigenvalue weighted by Crippen LogP contribution is -2.33. The fourth-order valence-corrected chi connectivity index (χ4v) is 5.71. The number of amides is 2. The first kappa shape index (κ1) is 20.9. The second-order valence-electron chi connectivity index (χ2n) is 8.66. The molecule has 0 unspecified atom stereocenters. The molecule has 3 heterocycles. The number of fused-ring (bicyclic) bond motifs is 4. The zero-order valence-corrected chi connectivity index (χ0v) is 19.4. The van der Waals surface area contributed by atoms with Crippen LogP contribution in [0.2, 0.25) is 0 Å². The van der Waals surface area contributed by atoms with Crippen LogP contribution in [0.1, 0.15) is 24.5 Å². The summed E-state index contributed by atoms with van der Waals surface area (Å²) in [5.41, 5.74) is 7.21. The molecule has 9 heteroatoms. The Balaban J connectivity index is 1.31. The molecule has 1 fully saturated rings. The van der Waals surface area contributed by atoms with Crippen molar-refractivity contribution in [1.29, 1.82) is 0 Å². The van der Waals surface area contributed by atoms with Gasteiger partial charge in [-0.15, -0.1) is 11.3 Å². The van der Waals surface area contributed by atoms with E-state index in [1.165, 1.54) is 12.5 Å². The second kappa shape index (κ2) is 8.25. The molecule has 2 aliphatic rings. The summed E-state index contributed by atoms with van der Waals surface area (Å²) in [6.07, 6.45) is 2.05. The number of aromatic nitrogens is 3. The molecule has 1 aliphatic heterocycles. The maximum absolute atomic E-state index is 12.5. The zero-order valence-electron chi connectivity index (χ0n) is 18.6. The summed E-state index contributed by atoms with van der Waals surface area (Å²) < 4.78 is 6.59. The Morgan fingerprint density at radius 2 is 2.15 bits per heavy atom. The van der Waals surface area contributed by atoms with Crippen molar-refractivity contribution < 1.29 is 14.3 Å². The van der Waals surface area contributed by atoms with Crippen molar-refractivity contribution >= 4 is 39.2 Å². The molecule has 4 aromatic rings. The molecule has 0 radical (unpaired) electrons. The molecule has 1 atom stereocenters. The lowest BCUT2D eigenvalue weighted by atomic mass is 10.0. The number of aromatic amines is 1. The van der Waals surface area contributed by atoms with Crippen molar-refractivity contribution in [3.63, 3.8) is 0 Å². The molecular formula is C25H23N5O3S. The Hall–Kier alpha value is -3.72. The van der Waals surface area contributed by atoms with E-state index >= 15 is 0 Å². The maximum atomic E-state index is 12.5. The predicted octanol–water partition coefficient (Wildman–Crippen LogP) is 4.30. The number of nitrogens with one attached hydrogen (secondary N) is 2. The Kier molecular flexibility index (Phi) is 5.06. The summed E-state index contributed by atoms with van der Waals surface area (Å²) >= 11 is 1.67. The van der Waals surface area contributed by atoms with Crippen molar-refractivity contribution in [3.8, 4) is 22.0 Å². The highest BCUT2D eigenvalue weighted by molar-refractivity contribution is 7.21. The first-order valence-corrected chi connectivity index (χ1v) is 12.2. The van der Waals surface area contributed by atoms with Crippen molar-refractivity contribution in [2.75, 3.05) is 18.0 Å². The van der Waals surface area contributed by atoms with Gasteiger partial charge in [0.15, 0.2) is 0 Å². The highest BCUT2D eigenvalue weighted by atomic mass is 32.1. The van der Waals surface area contributed by atoms with E-state index in [0.29, 0.717) is 13.1 Å². The van der Waals surface area contributed by atoms with Gasteiger partial charge in [-0.1, -0.05) is 18.2 Å². The van der Waals surface area contributed by atoms with Gasteiger partial charge in [-0.2, -0.15) is 5.10 Å². The number of cyclic esters (lactones) is 1. The minimum Gasteiger partial charge on any atom is -0.442 e. The number of rotatable bonds is 4. The topological polar surface area (TPSA) is 100 Å². The van der Waals surface area contributed by atoms with Gasteiger partial charge in [0.2, 0.25) is 5.91 Å². The molecule has 1 aliphatic carbocycles. The first-order chi connectivity index (χ1) is 16.6. The number of para-hydroxylation sites is 1. The van der Waals surface area contributed by atoms with Crippen LogP contribution in [0.3, 0.4) is 0 Å². The second-order valence-corrected chi connectivity index (χ2v) is 9.69. The van der Waals surface area contributed by atoms with E-state index in [4.69, 9.17) is 14.8 Å². The third kappa shape index (κ3) is 3.62. The monoisotopic (exact) mass is 473 g/mol. The standard InChI is InChI=1S/C25H23N5O3S/c1-14(31)26-12-17-13-30(25(32)33-17)16-9-10-18-15(11-16)5-4-6-19-22(18)28-29-23(19)24-27-20-7-2-3-8-21(20)34-24/h2-3,7-11,17H,4-6,12-13H2,1H3,(H,26,31)(H,28,29)/t17-/m0/s1. The Morgan fingerprint density at radius 3 is 3.00 bits per heavy atom. The number of hydrogen-bond acceptors (Lipinski definition) is 6. The number of anilines is 1. The quantitative estimate of drug-likeness (QED) is 0.460. The van der Waals surface area contributed by atoms with E-state index in [-0.39, 0.29) is 18.1 Å². The van der Waals surface area contributed by atoms with Crippen molar-refractivity contribution in [3.05, 3.63) is 53.6 Å². The summed E-state index contributed by atoms with van der Waals surface area (Å²) in [5.74, 6) is -0.139. The minimum absolute atomic E-state index is 0.139. The normalized spacial score (nSPS) is 17.3. The summed E-state index contributed by atoms with van der Waals surface area (Å²) in [6, 6.07) is 14.2. The highest BCUT2D eigenvalue weighted by Gasteiger charge is 2.33. The number of nitrogens with zero attached hydrogens (tertiary/aromatic N) is 3. The van der Waals surface area contributed by atoms with Gasteiger partial charge >= 0.3 is 6.09 Å². The zero-order chi connectivity index (χ0) is 23.2. The third-order valence-electron chi connectivity index (χ3n) is 6.36. The van der Waals surface area contributed by atoms with E-state index in [1.54, 1.807) is 16.2 Å². The molecular weight excluding hydrogens is 450 g/mol. The molecule has 1 saturated heterocycles. The number of carbonyl (C=O) groups is 2. The fourth-order valence-electron chi connectivity index (χ4n) is 4.73. The number of benzene rings is 2. The maximum Gasteiger partial charge on any atom is 0.414 e. The number of H-pyrrole nitrogens is 1. The fraction of sp³-hybridized carbons (Fsp3) is 0.280. The Morgan fingerprint density at radius 1 is 1.26 bits per heavy atom. The Labute approximate surface area is 200 Å². The van der Waals surface area contributed by atoms with Gasteiger partial charge in [0.1, 0.15) is 11.1 Å². The lowest BCUT2D eigenvalue weighted by molar-refractivity contribution is -0.119. The highest BCUT2D eigenvalue weighted by Crippen LogP contribution is 2.40. The van der Waals surface area contributed by atoms with Gasteiger partial charge < -0.3 is 10.1 Å². The largest absolute Gasteiger partial charge is 0.442 e. The van der Waals surface area contributed by atoms with Crippen LogP contribution in [0.5, 0.6) is 0 Å². The summed E-state index contributed by atoms with van der Waals surface area (Å²) in [7, 11) is 0. The molecule has 2 amide bonds. The van der Waals surface area contributed by atoms with Gasteiger partial charge in [-0.05, 0) is 49.1 Å². The van der Waals surface area contributed by atoms with E-state index in [9.17, 15) is 9.59 Å². The molecule has 2 aromatic carbocycles. The van der Waals surface area contributed by atoms with Crippen LogP contribution in [0, 0.1) is 0 Å².